The summed E-state index contributed by atoms with van der Waals surface area (Å²) < 4.78 is 10.8. The van der Waals surface area contributed by atoms with Gasteiger partial charge in [-0.25, -0.2) is 4.79 Å². The van der Waals surface area contributed by atoms with Crippen molar-refractivity contribution in [2.24, 2.45) is 0 Å². The number of hydrogen-bond donors (Lipinski definition) is 4. The molecule has 3 amide bonds. The number of carbonyl (C=O) groups excluding carboxylic acids is 3. The Kier molecular flexibility index (Phi) is 10.9. The molecule has 1 fully saturated rings. The second kappa shape index (κ2) is 15.0. The first-order chi connectivity index (χ1) is 20.0. The fourth-order valence-corrected chi connectivity index (χ4v) is 5.05. The van der Waals surface area contributed by atoms with Crippen LogP contribution >= 0.6 is 0 Å². The van der Waals surface area contributed by atoms with Crippen molar-refractivity contribution in [1.29, 1.82) is 0 Å². The normalized spacial score (nSPS) is 17.3. The number of benzene rings is 3. The van der Waals surface area contributed by atoms with Gasteiger partial charge in [0.1, 0.15) is 12.1 Å². The van der Waals surface area contributed by atoms with Crippen molar-refractivity contribution >= 4 is 23.6 Å². The van der Waals surface area contributed by atoms with Crippen LogP contribution in [0.3, 0.4) is 0 Å². The van der Waals surface area contributed by atoms with E-state index in [1.807, 2.05) is 91.9 Å². The lowest BCUT2D eigenvalue weighted by Crippen LogP contribution is -2.54. The average Bonchev–Trinajstić information content (AvgIpc) is 3.01. The molecular weight excluding hydrogens is 520 g/mol. The molecule has 1 saturated heterocycles. The third kappa shape index (κ3) is 8.15. The number of likely N-dealkylation sites (N-methyl/N-ethyl adjacent to an activating group) is 1. The summed E-state index contributed by atoms with van der Waals surface area (Å²) in [4.78, 5) is 38.4. The number of rotatable bonds is 11. The van der Waals surface area contributed by atoms with Gasteiger partial charge in [0.25, 0.3) is 0 Å². The van der Waals surface area contributed by atoms with Gasteiger partial charge in [0.2, 0.25) is 11.8 Å². The van der Waals surface area contributed by atoms with Gasteiger partial charge in [-0.15, -0.1) is 0 Å². The van der Waals surface area contributed by atoms with Crippen LogP contribution in [0.15, 0.2) is 84.9 Å². The van der Waals surface area contributed by atoms with E-state index in [1.54, 1.807) is 0 Å². The second-order valence-electron chi connectivity index (χ2n) is 9.91. The zero-order chi connectivity index (χ0) is 29.0. The van der Waals surface area contributed by atoms with E-state index in [0.29, 0.717) is 38.2 Å². The number of ether oxygens (including phenoxy) is 2. The summed E-state index contributed by atoms with van der Waals surface area (Å²) >= 11 is 0. The van der Waals surface area contributed by atoms with Crippen LogP contribution in [0.4, 0.5) is 10.5 Å². The number of anilines is 1. The van der Waals surface area contributed by atoms with Crippen LogP contribution in [-0.2, 0) is 25.5 Å². The first-order valence-electron chi connectivity index (χ1n) is 14.0. The molecule has 9 heteroatoms. The third-order valence-corrected chi connectivity index (χ3v) is 7.16. The Hall–Kier alpha value is -4.21. The maximum absolute atomic E-state index is 13.9. The SMILES string of the molecule is CCNC(=O)[C@@H]1CO[C@H](CCc2ccccc2NC(=O)C(NC(=O)OC)C(c2ccccc2)c2ccccc2)CN1. The molecule has 0 radical (unpaired) electrons. The molecule has 3 aromatic carbocycles. The Bertz CT molecular complexity index is 1240. The van der Waals surface area contributed by atoms with Crippen molar-refractivity contribution in [1.82, 2.24) is 16.0 Å². The van der Waals surface area contributed by atoms with Gasteiger partial charge in [-0.05, 0) is 42.5 Å². The fraction of sp³-hybridized carbons (Fsp3) is 0.344. The highest BCUT2D eigenvalue weighted by Gasteiger charge is 2.33. The lowest BCUT2D eigenvalue weighted by Gasteiger charge is -2.30. The number of morpholine rings is 1. The molecule has 216 valence electrons. The molecule has 0 spiro atoms. The molecule has 4 N–H and O–H groups in total. The summed E-state index contributed by atoms with van der Waals surface area (Å²) in [7, 11) is 1.28. The number of hydrogen-bond acceptors (Lipinski definition) is 6. The predicted octanol–water partition coefficient (Wildman–Crippen LogP) is 3.61. The predicted molar refractivity (Wildman–Crippen MR) is 158 cm³/mol. The number of amides is 3. The van der Waals surface area contributed by atoms with Crippen LogP contribution in [0.25, 0.3) is 0 Å². The summed E-state index contributed by atoms with van der Waals surface area (Å²) in [5.41, 5.74) is 3.38. The van der Waals surface area contributed by atoms with Crippen molar-refractivity contribution in [3.63, 3.8) is 0 Å². The van der Waals surface area contributed by atoms with E-state index in [9.17, 15) is 14.4 Å². The first kappa shape index (κ1) is 29.8. The molecule has 1 aliphatic heterocycles. The Morgan fingerprint density at radius 2 is 1.59 bits per heavy atom. The van der Waals surface area contributed by atoms with Gasteiger partial charge in [-0.2, -0.15) is 0 Å². The molecule has 1 unspecified atom stereocenters. The summed E-state index contributed by atoms with van der Waals surface area (Å²) in [6.07, 6.45) is 0.620. The van der Waals surface area contributed by atoms with E-state index in [1.165, 1.54) is 7.11 Å². The Morgan fingerprint density at radius 3 is 2.17 bits per heavy atom. The minimum Gasteiger partial charge on any atom is -0.453 e. The monoisotopic (exact) mass is 558 g/mol. The Balaban J connectivity index is 1.50. The van der Waals surface area contributed by atoms with Crippen LogP contribution < -0.4 is 21.3 Å². The molecule has 9 nitrogen and oxygen atoms in total. The summed E-state index contributed by atoms with van der Waals surface area (Å²) in [6.45, 7) is 3.35. The highest BCUT2D eigenvalue weighted by molar-refractivity contribution is 5.98. The van der Waals surface area contributed by atoms with Crippen LogP contribution in [0.1, 0.15) is 36.0 Å². The second-order valence-corrected chi connectivity index (χ2v) is 9.91. The average molecular weight is 559 g/mol. The number of alkyl carbamates (subject to hydrolysis) is 1. The van der Waals surface area contributed by atoms with Gasteiger partial charge in [0.05, 0.1) is 19.8 Å². The van der Waals surface area contributed by atoms with Crippen LogP contribution in [0, 0.1) is 0 Å². The van der Waals surface area contributed by atoms with Gasteiger partial charge in [-0.3, -0.25) is 9.59 Å². The van der Waals surface area contributed by atoms with E-state index in [2.05, 4.69) is 21.3 Å². The van der Waals surface area contributed by atoms with Crippen LogP contribution in [0.5, 0.6) is 0 Å². The molecule has 0 saturated carbocycles. The van der Waals surface area contributed by atoms with Gasteiger partial charge in [0, 0.05) is 24.7 Å². The number of nitrogens with one attached hydrogen (secondary N) is 4. The van der Waals surface area contributed by atoms with Gasteiger partial charge in [0.15, 0.2) is 0 Å². The number of methoxy groups -OCH3 is 1. The lowest BCUT2D eigenvalue weighted by atomic mass is 9.84. The van der Waals surface area contributed by atoms with Crippen LogP contribution in [-0.4, -0.2) is 62.9 Å². The fourth-order valence-electron chi connectivity index (χ4n) is 5.05. The molecule has 0 aliphatic carbocycles. The van der Waals surface area contributed by atoms with Crippen molar-refractivity contribution < 1.29 is 23.9 Å². The van der Waals surface area contributed by atoms with Crippen LogP contribution in [0.2, 0.25) is 0 Å². The lowest BCUT2D eigenvalue weighted by molar-refractivity contribution is -0.127. The third-order valence-electron chi connectivity index (χ3n) is 7.16. The van der Waals surface area contributed by atoms with E-state index in [-0.39, 0.29) is 24.0 Å². The van der Waals surface area contributed by atoms with Crippen molar-refractivity contribution in [3.05, 3.63) is 102 Å². The smallest absolute Gasteiger partial charge is 0.407 e. The molecule has 41 heavy (non-hydrogen) atoms. The number of para-hydroxylation sites is 1. The molecule has 1 heterocycles. The molecule has 0 aromatic heterocycles. The molecule has 1 aliphatic rings. The Labute approximate surface area is 241 Å². The van der Waals surface area contributed by atoms with E-state index < -0.39 is 18.1 Å². The van der Waals surface area contributed by atoms with Crippen molar-refractivity contribution in [2.75, 3.05) is 32.1 Å². The zero-order valence-electron chi connectivity index (χ0n) is 23.5. The van der Waals surface area contributed by atoms with Gasteiger partial charge < -0.3 is 30.7 Å². The largest absolute Gasteiger partial charge is 0.453 e. The molecule has 4 rings (SSSR count). The minimum atomic E-state index is -0.947. The van der Waals surface area contributed by atoms with E-state index in [4.69, 9.17) is 9.47 Å². The first-order valence-corrected chi connectivity index (χ1v) is 14.0. The maximum atomic E-state index is 13.9. The van der Waals surface area contributed by atoms with Crippen molar-refractivity contribution in [2.45, 2.75) is 43.9 Å². The summed E-state index contributed by atoms with van der Waals surface area (Å²) in [5, 5.41) is 11.9. The summed E-state index contributed by atoms with van der Waals surface area (Å²) in [6, 6.07) is 25.6. The quantitative estimate of drug-likeness (QED) is 0.286. The molecular formula is C32H38N4O5. The highest BCUT2D eigenvalue weighted by Crippen LogP contribution is 2.30. The molecule has 3 atom stereocenters. The van der Waals surface area contributed by atoms with E-state index >= 15 is 0 Å². The van der Waals surface area contributed by atoms with Gasteiger partial charge in [-0.1, -0.05) is 78.9 Å². The zero-order valence-corrected chi connectivity index (χ0v) is 23.5. The maximum Gasteiger partial charge on any atom is 0.407 e. The molecule has 0 bridgehead atoms. The minimum absolute atomic E-state index is 0.0567. The topological polar surface area (TPSA) is 118 Å². The van der Waals surface area contributed by atoms with E-state index in [0.717, 1.165) is 16.7 Å². The number of carbonyl (C=O) groups is 3. The number of aryl methyl sites for hydroxylation is 1. The summed E-state index contributed by atoms with van der Waals surface area (Å²) in [5.74, 6) is -0.873. The standard InChI is InChI=1S/C32H38N4O5/c1-3-33-30(37)27-21-41-25(20-34-27)19-18-22-12-10-11-17-26(22)35-31(38)29(36-32(39)40-2)28(23-13-6-4-7-14-23)24-15-8-5-9-16-24/h4-17,25,27-29,34H,3,18-21H2,1-2H3,(H,33,37)(H,35,38)(H,36,39)/t25-,27+,29?/m1/s1. The Morgan fingerprint density at radius 1 is 0.951 bits per heavy atom. The van der Waals surface area contributed by atoms with Gasteiger partial charge >= 0.3 is 6.09 Å². The van der Waals surface area contributed by atoms with Crippen molar-refractivity contribution in [3.8, 4) is 0 Å². The highest BCUT2D eigenvalue weighted by atomic mass is 16.5. The molecule has 3 aromatic rings.